The summed E-state index contributed by atoms with van der Waals surface area (Å²) in [7, 11) is 0. The minimum Gasteiger partial charge on any atom is -0.310 e. The van der Waals surface area contributed by atoms with Crippen molar-refractivity contribution in [2.24, 2.45) is 0 Å². The number of nitrogens with one attached hydrogen (secondary N) is 1. The average molecular weight is 231 g/mol. The first-order valence-corrected chi connectivity index (χ1v) is 5.45. The summed E-state index contributed by atoms with van der Waals surface area (Å²) in [4.78, 5) is 0. The van der Waals surface area contributed by atoms with Gasteiger partial charge in [0.25, 0.3) is 0 Å². The van der Waals surface area contributed by atoms with Crippen LogP contribution in [0.5, 0.6) is 0 Å². The van der Waals surface area contributed by atoms with E-state index in [1.54, 1.807) is 0 Å². The van der Waals surface area contributed by atoms with E-state index in [2.05, 4.69) is 5.32 Å². The van der Waals surface area contributed by atoms with Crippen LogP contribution in [0, 0.1) is 17.5 Å². The van der Waals surface area contributed by atoms with E-state index >= 15 is 0 Å². The van der Waals surface area contributed by atoms with Crippen LogP contribution in [-0.4, -0.2) is 6.04 Å². The van der Waals surface area contributed by atoms with E-state index in [1.165, 1.54) is 0 Å². The molecule has 1 aromatic carbocycles. The predicted molar refractivity (Wildman–Crippen MR) is 57.5 cm³/mol. The fraction of sp³-hybridized carbons (Fsp3) is 0.500. The van der Waals surface area contributed by atoms with Gasteiger partial charge in [0, 0.05) is 24.2 Å². The Bertz CT molecular complexity index is 348. The first kappa shape index (κ1) is 13.0. The molecule has 16 heavy (non-hydrogen) atoms. The Kier molecular flexibility index (Phi) is 4.80. The molecule has 0 heterocycles. The summed E-state index contributed by atoms with van der Waals surface area (Å²) in [5.74, 6) is -2.87. The lowest BCUT2D eigenvalue weighted by atomic mass is 10.1. The Labute approximate surface area is 93.7 Å². The summed E-state index contributed by atoms with van der Waals surface area (Å²) < 4.78 is 38.8. The molecule has 0 unspecified atom stereocenters. The van der Waals surface area contributed by atoms with Crippen molar-refractivity contribution >= 4 is 0 Å². The van der Waals surface area contributed by atoms with Crippen LogP contribution < -0.4 is 5.32 Å². The summed E-state index contributed by atoms with van der Waals surface area (Å²) in [6.07, 6.45) is 1.84. The molecule has 1 nitrogen and oxygen atoms in total. The normalized spacial score (nSPS) is 11.1. The second-order valence-electron chi connectivity index (χ2n) is 3.75. The lowest BCUT2D eigenvalue weighted by Gasteiger charge is -2.15. The summed E-state index contributed by atoms with van der Waals surface area (Å²) in [6, 6.07) is 1.76. The van der Waals surface area contributed by atoms with Gasteiger partial charge in [0.2, 0.25) is 0 Å². The van der Waals surface area contributed by atoms with Crippen molar-refractivity contribution in [2.75, 3.05) is 0 Å². The molecule has 90 valence electrons. The number of hydrogen-bond donors (Lipinski definition) is 1. The van der Waals surface area contributed by atoms with E-state index in [1.807, 2.05) is 13.8 Å². The Morgan fingerprint density at radius 2 is 1.56 bits per heavy atom. The summed E-state index contributed by atoms with van der Waals surface area (Å²) >= 11 is 0. The first-order valence-electron chi connectivity index (χ1n) is 5.45. The average Bonchev–Trinajstić information content (AvgIpc) is 2.26. The quantitative estimate of drug-likeness (QED) is 0.766. The van der Waals surface area contributed by atoms with Crippen molar-refractivity contribution in [1.82, 2.24) is 5.32 Å². The van der Waals surface area contributed by atoms with Crippen molar-refractivity contribution < 1.29 is 13.2 Å². The second-order valence-corrected chi connectivity index (χ2v) is 3.75. The highest BCUT2D eigenvalue weighted by Crippen LogP contribution is 2.14. The zero-order chi connectivity index (χ0) is 12.1. The van der Waals surface area contributed by atoms with Crippen molar-refractivity contribution in [2.45, 2.75) is 39.3 Å². The van der Waals surface area contributed by atoms with E-state index in [0.717, 1.165) is 18.9 Å². The maximum atomic E-state index is 13.2. The van der Waals surface area contributed by atoms with Gasteiger partial charge in [-0.3, -0.25) is 0 Å². The van der Waals surface area contributed by atoms with Crippen LogP contribution in [-0.2, 0) is 6.54 Å². The molecular weight excluding hydrogens is 215 g/mol. The molecule has 0 saturated carbocycles. The van der Waals surface area contributed by atoms with Gasteiger partial charge in [0.1, 0.15) is 5.82 Å². The molecule has 0 aliphatic heterocycles. The highest BCUT2D eigenvalue weighted by atomic mass is 19.2. The van der Waals surface area contributed by atoms with Gasteiger partial charge in [0.15, 0.2) is 11.6 Å². The maximum absolute atomic E-state index is 13.2. The molecule has 0 amide bonds. The van der Waals surface area contributed by atoms with E-state index in [0.29, 0.717) is 6.07 Å². The van der Waals surface area contributed by atoms with E-state index in [-0.39, 0.29) is 18.2 Å². The fourth-order valence-corrected chi connectivity index (χ4v) is 1.53. The molecule has 1 rings (SSSR count). The Balaban J connectivity index is 2.70. The van der Waals surface area contributed by atoms with Crippen molar-refractivity contribution in [3.05, 3.63) is 35.1 Å². The van der Waals surface area contributed by atoms with Gasteiger partial charge in [-0.2, -0.15) is 0 Å². The standard InChI is InChI=1S/C12H16F3N/c1-3-9(4-2)16-7-8-5-11(14)12(15)6-10(8)13/h5-6,9,16H,3-4,7H2,1-2H3. The van der Waals surface area contributed by atoms with Crippen LogP contribution in [0.3, 0.4) is 0 Å². The molecular formula is C12H16F3N. The van der Waals surface area contributed by atoms with Gasteiger partial charge in [-0.15, -0.1) is 0 Å². The summed E-state index contributed by atoms with van der Waals surface area (Å²) in [5.41, 5.74) is 0.158. The van der Waals surface area contributed by atoms with Crippen LogP contribution in [0.2, 0.25) is 0 Å². The van der Waals surface area contributed by atoms with Gasteiger partial charge in [0.05, 0.1) is 0 Å². The number of rotatable bonds is 5. The highest BCUT2D eigenvalue weighted by molar-refractivity contribution is 5.19. The fourth-order valence-electron chi connectivity index (χ4n) is 1.53. The van der Waals surface area contributed by atoms with Gasteiger partial charge in [-0.05, 0) is 18.9 Å². The molecule has 0 aliphatic carbocycles. The molecule has 1 aromatic rings. The number of hydrogen-bond acceptors (Lipinski definition) is 1. The Morgan fingerprint density at radius 3 is 2.12 bits per heavy atom. The van der Waals surface area contributed by atoms with Crippen molar-refractivity contribution in [3.63, 3.8) is 0 Å². The Hall–Kier alpha value is -1.03. The number of halogens is 3. The van der Waals surface area contributed by atoms with Crippen molar-refractivity contribution in [3.8, 4) is 0 Å². The molecule has 0 bridgehead atoms. The van der Waals surface area contributed by atoms with E-state index in [9.17, 15) is 13.2 Å². The lowest BCUT2D eigenvalue weighted by molar-refractivity contribution is 0.461. The molecule has 0 saturated heterocycles. The number of benzene rings is 1. The minimum atomic E-state index is -1.15. The van der Waals surface area contributed by atoms with Crippen molar-refractivity contribution in [1.29, 1.82) is 0 Å². The minimum absolute atomic E-state index is 0.158. The smallest absolute Gasteiger partial charge is 0.161 e. The summed E-state index contributed by atoms with van der Waals surface area (Å²) in [5, 5.41) is 3.09. The second kappa shape index (κ2) is 5.89. The van der Waals surface area contributed by atoms with Crippen LogP contribution >= 0.6 is 0 Å². The molecule has 1 N–H and O–H groups in total. The van der Waals surface area contributed by atoms with Crippen LogP contribution in [0.1, 0.15) is 32.3 Å². The zero-order valence-electron chi connectivity index (χ0n) is 9.49. The van der Waals surface area contributed by atoms with Crippen LogP contribution in [0.25, 0.3) is 0 Å². The third-order valence-electron chi connectivity index (χ3n) is 2.66. The first-order chi connectivity index (χ1) is 7.58. The molecule has 0 spiro atoms. The third-order valence-corrected chi connectivity index (χ3v) is 2.66. The molecule has 0 aromatic heterocycles. The molecule has 0 radical (unpaired) electrons. The lowest BCUT2D eigenvalue weighted by Crippen LogP contribution is -2.27. The third kappa shape index (κ3) is 3.23. The highest BCUT2D eigenvalue weighted by Gasteiger charge is 2.10. The SMILES string of the molecule is CCC(CC)NCc1cc(F)c(F)cc1F. The largest absolute Gasteiger partial charge is 0.310 e. The van der Waals surface area contributed by atoms with E-state index in [4.69, 9.17) is 0 Å². The monoisotopic (exact) mass is 231 g/mol. The molecule has 0 fully saturated rings. The maximum Gasteiger partial charge on any atom is 0.161 e. The zero-order valence-corrected chi connectivity index (χ0v) is 9.49. The van der Waals surface area contributed by atoms with E-state index < -0.39 is 17.5 Å². The topological polar surface area (TPSA) is 12.0 Å². The Morgan fingerprint density at radius 1 is 1.00 bits per heavy atom. The van der Waals surface area contributed by atoms with Gasteiger partial charge >= 0.3 is 0 Å². The molecule has 4 heteroatoms. The summed E-state index contributed by atoms with van der Waals surface area (Å²) in [6.45, 7) is 4.25. The van der Waals surface area contributed by atoms with Gasteiger partial charge in [-0.25, -0.2) is 13.2 Å². The molecule has 0 atom stereocenters. The predicted octanol–water partition coefficient (Wildman–Crippen LogP) is 3.38. The van der Waals surface area contributed by atoms with Crippen LogP contribution in [0.15, 0.2) is 12.1 Å². The van der Waals surface area contributed by atoms with Gasteiger partial charge < -0.3 is 5.32 Å². The molecule has 0 aliphatic rings. The van der Waals surface area contributed by atoms with Gasteiger partial charge in [-0.1, -0.05) is 13.8 Å². The van der Waals surface area contributed by atoms with Crippen LogP contribution in [0.4, 0.5) is 13.2 Å².